The van der Waals surface area contributed by atoms with Crippen molar-refractivity contribution in [2.24, 2.45) is 0 Å². The first-order valence-electron chi connectivity index (χ1n) is 26.3. The summed E-state index contributed by atoms with van der Waals surface area (Å²) in [7, 11) is 1.25. The Morgan fingerprint density at radius 1 is 0.513 bits per heavy atom. The Morgan fingerprint density at radius 2 is 0.829 bits per heavy atom. The minimum Gasteiger partial charge on any atom is -0.680 e. The molecule has 0 spiro atoms. The van der Waals surface area contributed by atoms with Gasteiger partial charge in [-0.2, -0.15) is 7.05 Å². The summed E-state index contributed by atoms with van der Waals surface area (Å²) in [4.78, 5) is 67.9. The molecule has 6 aromatic rings. The molecule has 4 aromatic carbocycles. The van der Waals surface area contributed by atoms with Crippen molar-refractivity contribution < 1.29 is 118 Å². The van der Waals surface area contributed by atoms with E-state index in [-0.39, 0.29) is 171 Å². The van der Waals surface area contributed by atoms with E-state index in [0.717, 1.165) is 22.4 Å². The number of aromatic nitrogens is 1. The minimum absolute atomic E-state index is 0. The number of hydrogen-bond donors (Lipinski definition) is 3. The third-order valence-electron chi connectivity index (χ3n) is 11.9. The standard InChI is InChI=1S/C51H60N8O5.C3H8N.2C2H6.CH4N.2Eu/c1-37(40-15-7-4-8-16-40)52-47(60)34-57-27-25-56(33-43-23-24-45-50(63)44-21-13-14-22-46(44)64-51(45)55-43)26-28-58(35-48(61)53-38(2)41-17-9-5-10-18-41)30-32-59(31-29-57)36-49(62)54-39(3)42-19-11-6-12-20-42;1-3(2)4;3*1-2;;/h4-24,37-39H,25-36H2,1-3H3,(H,52,60)(H,53,61)(H,54,62);3-4H,1-2H3;2*1-2H3;2H,1H3;;/q;-1;;;-1;;+3/t37-,38+,39-;;;;;;/m1....../s1. The summed E-state index contributed by atoms with van der Waals surface area (Å²) in [5, 5.41) is 10.5. The average molecular weight is 1320 g/mol. The summed E-state index contributed by atoms with van der Waals surface area (Å²) in [5.41, 5.74) is 16.8. The number of hydrogen-bond acceptors (Lipinski definition) is 10. The predicted octanol–water partition coefficient (Wildman–Crippen LogP) is 9.86. The molecule has 7 rings (SSSR count). The van der Waals surface area contributed by atoms with Crippen molar-refractivity contribution in [2.75, 3.05) is 79.0 Å². The molecule has 1 aliphatic heterocycles. The number of fused-ring (bicyclic) bond motifs is 2. The Hall–Kier alpha value is -3.16. The van der Waals surface area contributed by atoms with Gasteiger partial charge in [0.25, 0.3) is 0 Å². The molecule has 3 amide bonds. The van der Waals surface area contributed by atoms with Crippen LogP contribution >= 0.6 is 0 Å². The maximum Gasteiger partial charge on any atom is 3.00 e. The van der Waals surface area contributed by atoms with Gasteiger partial charge < -0.3 is 31.8 Å². The van der Waals surface area contributed by atoms with Crippen LogP contribution in [0.1, 0.15) is 103 Å². The molecule has 3 atom stereocenters. The summed E-state index contributed by atoms with van der Waals surface area (Å²) in [6, 6.07) is 40.1. The molecule has 413 valence electrons. The fraction of sp³-hybridized carbons (Fsp3) is 0.441. The second-order valence-corrected chi connectivity index (χ2v) is 17.9. The number of para-hydroxylation sites is 1. The summed E-state index contributed by atoms with van der Waals surface area (Å²) in [6.45, 7) is 23.0. The monoisotopic (exact) mass is 1320 g/mol. The Bertz CT molecular complexity index is 2510. The largest absolute Gasteiger partial charge is 3.00 e. The molecule has 0 unspecified atom stereocenters. The molecule has 0 saturated carbocycles. The number of rotatable bonds is 14. The quantitative estimate of drug-likeness (QED) is 0.0885. The van der Waals surface area contributed by atoms with Gasteiger partial charge in [-0.1, -0.05) is 145 Å². The number of nitrogens with zero attached hydrogens (tertiary/aromatic N) is 5. The summed E-state index contributed by atoms with van der Waals surface area (Å²) in [6.07, 6.45) is 0. The zero-order valence-electron chi connectivity index (χ0n) is 46.5. The maximum atomic E-state index is 13.7. The molecule has 0 bridgehead atoms. The van der Waals surface area contributed by atoms with Gasteiger partial charge in [-0.05, 0) is 61.7 Å². The molecule has 1 fully saturated rings. The van der Waals surface area contributed by atoms with Crippen LogP contribution in [0, 0.1) is 98.8 Å². The molecule has 0 aliphatic carbocycles. The molecular weight excluding hydrogens is 1230 g/mol. The Kier molecular flexibility index (Phi) is 37.4. The van der Waals surface area contributed by atoms with E-state index in [9.17, 15) is 19.2 Å². The first-order valence-corrected chi connectivity index (χ1v) is 26.3. The number of benzene rings is 4. The van der Waals surface area contributed by atoms with Crippen LogP contribution in [-0.2, 0) is 20.9 Å². The summed E-state index contributed by atoms with van der Waals surface area (Å²) >= 11 is 0. The van der Waals surface area contributed by atoms with Crippen LogP contribution in [0.3, 0.4) is 0 Å². The normalized spacial score (nSPS) is 14.6. The number of pyridine rings is 1. The van der Waals surface area contributed by atoms with Crippen molar-refractivity contribution in [2.45, 2.75) is 93.0 Å². The Morgan fingerprint density at radius 3 is 1.18 bits per heavy atom. The first kappa shape index (κ1) is 70.9. The van der Waals surface area contributed by atoms with Crippen molar-refractivity contribution in [3.8, 4) is 0 Å². The summed E-state index contributed by atoms with van der Waals surface area (Å²) in [5.74, 6) is -0.268. The fourth-order valence-electron chi connectivity index (χ4n) is 8.20. The van der Waals surface area contributed by atoms with Crippen LogP contribution in [0.25, 0.3) is 33.5 Å². The van der Waals surface area contributed by atoms with Gasteiger partial charge in [0, 0.05) is 108 Å². The van der Waals surface area contributed by atoms with Crippen LogP contribution < -0.4 is 21.4 Å². The van der Waals surface area contributed by atoms with Crippen LogP contribution in [0.2, 0.25) is 0 Å². The van der Waals surface area contributed by atoms with E-state index < -0.39 is 0 Å². The zero-order chi connectivity index (χ0) is 54.4. The van der Waals surface area contributed by atoms with E-state index in [1.807, 2.05) is 172 Å². The molecule has 17 heteroatoms. The molecule has 1 radical (unpaired) electrons. The van der Waals surface area contributed by atoms with E-state index in [4.69, 9.17) is 20.9 Å². The van der Waals surface area contributed by atoms with Crippen molar-refractivity contribution in [3.05, 3.63) is 171 Å². The van der Waals surface area contributed by atoms with Gasteiger partial charge in [0.15, 0.2) is 0 Å². The fourth-order valence-corrected chi connectivity index (χ4v) is 8.20. The van der Waals surface area contributed by atoms with Crippen LogP contribution in [0.5, 0.6) is 0 Å². The maximum absolute atomic E-state index is 13.7. The van der Waals surface area contributed by atoms with E-state index >= 15 is 0 Å². The summed E-state index contributed by atoms with van der Waals surface area (Å²) < 4.78 is 6.13. The van der Waals surface area contributed by atoms with Crippen molar-refractivity contribution >= 4 is 39.8 Å². The number of carbonyl (C=O) groups is 3. The van der Waals surface area contributed by atoms with Crippen LogP contribution in [0.15, 0.2) is 137 Å². The molecule has 3 heterocycles. The van der Waals surface area contributed by atoms with E-state index in [0.29, 0.717) is 75.3 Å². The van der Waals surface area contributed by atoms with E-state index in [1.165, 1.54) is 7.05 Å². The number of carbonyl (C=O) groups excluding carboxylic acids is 3. The smallest absolute Gasteiger partial charge is 0.680 e. The van der Waals surface area contributed by atoms with E-state index in [1.54, 1.807) is 18.2 Å². The van der Waals surface area contributed by atoms with Gasteiger partial charge in [0.2, 0.25) is 28.9 Å². The third kappa shape index (κ3) is 25.3. The Labute approximate surface area is 535 Å². The molecule has 2 aromatic heterocycles. The molecule has 15 nitrogen and oxygen atoms in total. The predicted molar refractivity (Wildman–Crippen MR) is 304 cm³/mol. The van der Waals surface area contributed by atoms with Crippen LogP contribution in [0.4, 0.5) is 0 Å². The van der Waals surface area contributed by atoms with Gasteiger partial charge in [-0.15, -0.1) is 6.04 Å². The average Bonchev–Trinajstić information content (AvgIpc) is 3.41. The van der Waals surface area contributed by atoms with Crippen molar-refractivity contribution in [1.29, 1.82) is 0 Å². The first-order chi connectivity index (χ1) is 35.8. The molecule has 1 saturated heterocycles. The molecular formula is C59H84Eu2N10O5+. The molecule has 1 aliphatic rings. The van der Waals surface area contributed by atoms with Gasteiger partial charge in [0.1, 0.15) is 5.58 Å². The topological polar surface area (TPSA) is 191 Å². The number of amides is 3. The third-order valence-corrected chi connectivity index (χ3v) is 11.9. The number of nitrogens with one attached hydrogen (secondary N) is 5. The second-order valence-electron chi connectivity index (χ2n) is 17.9. The van der Waals surface area contributed by atoms with E-state index in [2.05, 4.69) is 35.6 Å². The molecule has 76 heavy (non-hydrogen) atoms. The minimum atomic E-state index is -0.168. The zero-order valence-corrected chi connectivity index (χ0v) is 51.3. The van der Waals surface area contributed by atoms with Crippen LogP contribution in [-0.4, -0.2) is 127 Å². The van der Waals surface area contributed by atoms with Gasteiger partial charge in [-0.3, -0.25) is 38.8 Å². The van der Waals surface area contributed by atoms with Gasteiger partial charge >= 0.3 is 49.4 Å². The van der Waals surface area contributed by atoms with Crippen molar-refractivity contribution in [3.63, 3.8) is 0 Å². The molecule has 5 N–H and O–H groups in total. The SMILES string of the molecule is CC.CC.CC(C)[NH-].C[C@H](NC(=O)CN1CCN(CC(=O)N[C@H](C)c2ccccc2)CCN(CC(=O)N[C@H](C)c2ccccc2)CCN(Cc2ccc3c(=O)c4ccccc4oc3n2)CC1)c1ccccc1.C[NH-].[Eu+3].[Eu]. The van der Waals surface area contributed by atoms with Crippen molar-refractivity contribution in [1.82, 2.24) is 40.5 Å². The van der Waals surface area contributed by atoms with Gasteiger partial charge in [0.05, 0.1) is 54.2 Å². The van der Waals surface area contributed by atoms with Gasteiger partial charge in [-0.25, -0.2) is 4.98 Å². The second kappa shape index (κ2) is 40.1. The Balaban J connectivity index is 0.00000225.